The van der Waals surface area contributed by atoms with Gasteiger partial charge >= 0.3 is 0 Å². The third kappa shape index (κ3) is 3.27. The van der Waals surface area contributed by atoms with Gasteiger partial charge in [-0.2, -0.15) is 0 Å². The molecule has 1 aromatic rings. The first kappa shape index (κ1) is 12.0. The van der Waals surface area contributed by atoms with Crippen LogP contribution in [0.4, 0.5) is 0 Å². The van der Waals surface area contributed by atoms with Crippen molar-refractivity contribution in [2.24, 2.45) is 0 Å². The molecule has 1 aromatic heterocycles. The van der Waals surface area contributed by atoms with Crippen LogP contribution in [0.5, 0.6) is 0 Å². The molecule has 0 amide bonds. The smallest absolute Gasteiger partial charge is 0.0897 e. The number of thiazole rings is 1. The Morgan fingerprint density at radius 2 is 2.50 bits per heavy atom. The van der Waals surface area contributed by atoms with Crippen molar-refractivity contribution in [3.63, 3.8) is 0 Å². The second-order valence-corrected chi connectivity index (χ2v) is 5.54. The van der Waals surface area contributed by atoms with Crippen LogP contribution in [0, 0.1) is 6.92 Å². The maximum Gasteiger partial charge on any atom is 0.0897 e. The minimum Gasteiger partial charge on any atom is -0.313 e. The van der Waals surface area contributed by atoms with Gasteiger partial charge < -0.3 is 5.32 Å². The Morgan fingerprint density at radius 1 is 1.62 bits per heavy atom. The quantitative estimate of drug-likeness (QED) is 0.852. The normalized spacial score (nSPS) is 20.8. The van der Waals surface area contributed by atoms with Crippen LogP contribution in [0.1, 0.15) is 30.5 Å². The number of hydrogen-bond acceptors (Lipinski definition) is 4. The molecule has 1 aliphatic rings. The van der Waals surface area contributed by atoms with Crippen LogP contribution < -0.4 is 5.32 Å². The van der Waals surface area contributed by atoms with Gasteiger partial charge in [0.15, 0.2) is 0 Å². The van der Waals surface area contributed by atoms with Crippen LogP contribution in [0.25, 0.3) is 0 Å². The fourth-order valence-corrected chi connectivity index (χ4v) is 2.84. The van der Waals surface area contributed by atoms with Gasteiger partial charge in [0, 0.05) is 24.5 Å². The van der Waals surface area contributed by atoms with Crippen molar-refractivity contribution in [1.82, 2.24) is 15.2 Å². The number of nitrogens with zero attached hydrogens (tertiary/aromatic N) is 2. The molecule has 1 aliphatic heterocycles. The molecule has 0 radical (unpaired) electrons. The van der Waals surface area contributed by atoms with Crippen molar-refractivity contribution in [3.8, 4) is 0 Å². The zero-order valence-electron chi connectivity index (χ0n) is 10.2. The SMILES string of the molecule is CCN(Cc1csc(C)n1)CC1CCCN1. The van der Waals surface area contributed by atoms with Gasteiger partial charge in [0.25, 0.3) is 0 Å². The highest BCUT2D eigenvalue weighted by Crippen LogP contribution is 2.12. The van der Waals surface area contributed by atoms with Crippen LogP contribution in [-0.4, -0.2) is 35.6 Å². The molecule has 1 saturated heterocycles. The van der Waals surface area contributed by atoms with Gasteiger partial charge in [-0.15, -0.1) is 11.3 Å². The lowest BCUT2D eigenvalue weighted by Crippen LogP contribution is -2.37. The Hall–Kier alpha value is -0.450. The molecule has 3 nitrogen and oxygen atoms in total. The Balaban J connectivity index is 1.84. The van der Waals surface area contributed by atoms with Crippen molar-refractivity contribution < 1.29 is 0 Å². The average molecular weight is 239 g/mol. The summed E-state index contributed by atoms with van der Waals surface area (Å²) in [6.07, 6.45) is 2.66. The summed E-state index contributed by atoms with van der Waals surface area (Å²) in [5, 5.41) is 6.90. The van der Waals surface area contributed by atoms with E-state index in [0.29, 0.717) is 6.04 Å². The lowest BCUT2D eigenvalue weighted by atomic mass is 10.2. The van der Waals surface area contributed by atoms with Gasteiger partial charge in [-0.1, -0.05) is 6.92 Å². The monoisotopic (exact) mass is 239 g/mol. The van der Waals surface area contributed by atoms with Gasteiger partial charge in [0.05, 0.1) is 10.7 Å². The van der Waals surface area contributed by atoms with Crippen molar-refractivity contribution >= 4 is 11.3 Å². The molecule has 0 aromatic carbocycles. The van der Waals surface area contributed by atoms with Crippen LogP contribution >= 0.6 is 11.3 Å². The highest BCUT2D eigenvalue weighted by atomic mass is 32.1. The first-order chi connectivity index (χ1) is 7.78. The average Bonchev–Trinajstić information content (AvgIpc) is 2.89. The summed E-state index contributed by atoms with van der Waals surface area (Å²) in [6, 6.07) is 0.694. The van der Waals surface area contributed by atoms with Gasteiger partial charge in [0.2, 0.25) is 0 Å². The van der Waals surface area contributed by atoms with E-state index in [-0.39, 0.29) is 0 Å². The summed E-state index contributed by atoms with van der Waals surface area (Å²) in [6.45, 7) is 8.76. The molecule has 90 valence electrons. The van der Waals surface area contributed by atoms with Gasteiger partial charge in [-0.3, -0.25) is 4.90 Å². The number of rotatable bonds is 5. The predicted molar refractivity (Wildman–Crippen MR) is 68.8 cm³/mol. The van der Waals surface area contributed by atoms with Crippen LogP contribution in [0.2, 0.25) is 0 Å². The summed E-state index contributed by atoms with van der Waals surface area (Å²) in [5.74, 6) is 0. The van der Waals surface area contributed by atoms with E-state index in [4.69, 9.17) is 0 Å². The maximum absolute atomic E-state index is 4.53. The van der Waals surface area contributed by atoms with Gasteiger partial charge in [0.1, 0.15) is 0 Å². The summed E-state index contributed by atoms with van der Waals surface area (Å²) in [7, 11) is 0. The Kier molecular flexibility index (Phi) is 4.32. The molecule has 4 heteroatoms. The lowest BCUT2D eigenvalue weighted by Gasteiger charge is -2.23. The molecule has 1 N–H and O–H groups in total. The first-order valence-corrected chi connectivity index (χ1v) is 7.02. The van der Waals surface area contributed by atoms with E-state index in [1.165, 1.54) is 30.1 Å². The zero-order chi connectivity index (χ0) is 11.4. The van der Waals surface area contributed by atoms with E-state index in [2.05, 4.69) is 34.4 Å². The molecular formula is C12H21N3S. The second kappa shape index (κ2) is 5.75. The number of aromatic nitrogens is 1. The van der Waals surface area contributed by atoms with Crippen molar-refractivity contribution in [2.75, 3.05) is 19.6 Å². The first-order valence-electron chi connectivity index (χ1n) is 6.14. The maximum atomic E-state index is 4.53. The highest BCUT2D eigenvalue weighted by Gasteiger charge is 2.17. The minimum atomic E-state index is 0.694. The number of hydrogen-bond donors (Lipinski definition) is 1. The fourth-order valence-electron chi connectivity index (χ4n) is 2.24. The van der Waals surface area contributed by atoms with Crippen LogP contribution in [0.3, 0.4) is 0 Å². The highest BCUT2D eigenvalue weighted by molar-refractivity contribution is 7.09. The molecule has 0 aliphatic carbocycles. The minimum absolute atomic E-state index is 0.694. The molecule has 0 spiro atoms. The molecule has 2 heterocycles. The van der Waals surface area contributed by atoms with Crippen molar-refractivity contribution in [1.29, 1.82) is 0 Å². The molecular weight excluding hydrogens is 218 g/mol. The summed E-state index contributed by atoms with van der Waals surface area (Å²) in [5.41, 5.74) is 1.22. The lowest BCUT2D eigenvalue weighted by molar-refractivity contribution is 0.251. The van der Waals surface area contributed by atoms with Gasteiger partial charge in [-0.05, 0) is 32.9 Å². The van der Waals surface area contributed by atoms with Crippen molar-refractivity contribution in [2.45, 2.75) is 39.3 Å². The molecule has 1 fully saturated rings. The molecule has 1 unspecified atom stereocenters. The third-order valence-corrected chi connectivity index (χ3v) is 3.96. The van der Waals surface area contributed by atoms with Crippen molar-refractivity contribution in [3.05, 3.63) is 16.1 Å². The molecule has 1 atom stereocenters. The second-order valence-electron chi connectivity index (χ2n) is 4.48. The fraction of sp³-hybridized carbons (Fsp3) is 0.750. The Bertz CT molecular complexity index is 318. The zero-order valence-corrected chi connectivity index (χ0v) is 11.0. The van der Waals surface area contributed by atoms with Crippen LogP contribution in [-0.2, 0) is 6.54 Å². The van der Waals surface area contributed by atoms with E-state index in [0.717, 1.165) is 19.6 Å². The van der Waals surface area contributed by atoms with Crippen LogP contribution in [0.15, 0.2) is 5.38 Å². The summed E-state index contributed by atoms with van der Waals surface area (Å²) < 4.78 is 0. The summed E-state index contributed by atoms with van der Waals surface area (Å²) in [4.78, 5) is 7.01. The van der Waals surface area contributed by atoms with E-state index < -0.39 is 0 Å². The molecule has 16 heavy (non-hydrogen) atoms. The molecule has 2 rings (SSSR count). The Labute approximate surface area is 102 Å². The number of aryl methyl sites for hydroxylation is 1. The molecule has 0 saturated carbocycles. The van der Waals surface area contributed by atoms with E-state index in [1.54, 1.807) is 11.3 Å². The Morgan fingerprint density at radius 3 is 3.06 bits per heavy atom. The van der Waals surface area contributed by atoms with Gasteiger partial charge in [-0.25, -0.2) is 4.98 Å². The third-order valence-electron chi connectivity index (χ3n) is 3.14. The van der Waals surface area contributed by atoms with E-state index in [1.807, 2.05) is 0 Å². The largest absolute Gasteiger partial charge is 0.313 e. The van der Waals surface area contributed by atoms with E-state index >= 15 is 0 Å². The van der Waals surface area contributed by atoms with E-state index in [9.17, 15) is 0 Å². The summed E-state index contributed by atoms with van der Waals surface area (Å²) >= 11 is 1.75. The standard InChI is InChI=1S/C12H21N3S/c1-3-15(7-11-5-4-6-13-11)8-12-9-16-10(2)14-12/h9,11,13H,3-8H2,1-2H3. The topological polar surface area (TPSA) is 28.2 Å². The molecule has 0 bridgehead atoms. The number of nitrogens with one attached hydrogen (secondary N) is 1. The predicted octanol–water partition coefficient (Wildman–Crippen LogP) is 2.03. The number of likely N-dealkylation sites (N-methyl/N-ethyl adjacent to an activating group) is 1.